The van der Waals surface area contributed by atoms with Crippen LogP contribution in [0.3, 0.4) is 0 Å². The van der Waals surface area contributed by atoms with Crippen LogP contribution in [-0.4, -0.2) is 26.1 Å². The Labute approximate surface area is 127 Å². The van der Waals surface area contributed by atoms with Crippen LogP contribution in [0.1, 0.15) is 6.92 Å². The van der Waals surface area contributed by atoms with E-state index in [1.54, 1.807) is 6.92 Å². The van der Waals surface area contributed by atoms with E-state index in [0.717, 1.165) is 0 Å². The summed E-state index contributed by atoms with van der Waals surface area (Å²) in [6.45, 7) is 2.23. The Balaban J connectivity index is 2.39. The van der Waals surface area contributed by atoms with Gasteiger partial charge in [-0.1, -0.05) is 11.6 Å². The normalized spacial score (nSPS) is 11.1. The molecule has 2 aromatic heterocycles. The molecule has 9 heteroatoms. The Morgan fingerprint density at radius 3 is 2.50 bits per heavy atom. The molecule has 0 aliphatic carbocycles. The van der Waals surface area contributed by atoms with Crippen molar-refractivity contribution in [3.63, 3.8) is 0 Å². The largest absolute Gasteiger partial charge is 0.370 e. The topological polar surface area (TPSA) is 55.1 Å². The van der Waals surface area contributed by atoms with Crippen LogP contribution in [0, 0.1) is 17.5 Å². The predicted octanol–water partition coefficient (Wildman–Crippen LogP) is 3.29. The second-order valence-corrected chi connectivity index (χ2v) is 4.73. The lowest BCUT2D eigenvalue weighted by Gasteiger charge is -2.14. The van der Waals surface area contributed by atoms with Gasteiger partial charge in [0.1, 0.15) is 34.7 Å². The molecule has 3 aromatic rings. The van der Waals surface area contributed by atoms with Crippen molar-refractivity contribution in [2.75, 3.05) is 11.9 Å². The van der Waals surface area contributed by atoms with Crippen LogP contribution in [0.25, 0.3) is 16.9 Å². The van der Waals surface area contributed by atoms with E-state index in [9.17, 15) is 13.2 Å². The van der Waals surface area contributed by atoms with Crippen molar-refractivity contribution >= 4 is 23.2 Å². The highest BCUT2D eigenvalue weighted by Gasteiger charge is 2.23. The summed E-state index contributed by atoms with van der Waals surface area (Å²) in [6.07, 6.45) is 1.24. The van der Waals surface area contributed by atoms with Gasteiger partial charge in [0.05, 0.1) is 11.1 Å². The summed E-state index contributed by atoms with van der Waals surface area (Å²) in [7, 11) is 0. The highest BCUT2D eigenvalue weighted by molar-refractivity contribution is 6.33. The third-order valence-corrected chi connectivity index (χ3v) is 3.26. The average molecular weight is 328 g/mol. The molecule has 0 bridgehead atoms. The Morgan fingerprint density at radius 1 is 1.18 bits per heavy atom. The SMILES string of the molecule is CCNc1c(-c2c(F)cc(F)cc2F)c(Cl)nc2ncnn12. The smallest absolute Gasteiger partial charge is 0.255 e. The summed E-state index contributed by atoms with van der Waals surface area (Å²) in [4.78, 5) is 7.83. The molecule has 1 N–H and O–H groups in total. The minimum absolute atomic E-state index is 0.0449. The first-order valence-corrected chi connectivity index (χ1v) is 6.68. The Bertz CT molecular complexity index is 841. The molecule has 0 aliphatic rings. The molecule has 0 atom stereocenters. The predicted molar refractivity (Wildman–Crippen MR) is 75.3 cm³/mol. The molecular formula is C13H9ClF3N5. The number of halogens is 4. The minimum Gasteiger partial charge on any atom is -0.370 e. The van der Waals surface area contributed by atoms with E-state index in [0.29, 0.717) is 18.7 Å². The van der Waals surface area contributed by atoms with E-state index in [4.69, 9.17) is 11.6 Å². The molecule has 0 amide bonds. The molecule has 0 spiro atoms. The first kappa shape index (κ1) is 14.6. The Morgan fingerprint density at radius 2 is 1.86 bits per heavy atom. The van der Waals surface area contributed by atoms with Crippen molar-refractivity contribution < 1.29 is 13.2 Å². The van der Waals surface area contributed by atoms with Crippen molar-refractivity contribution in [3.8, 4) is 11.1 Å². The first-order valence-electron chi connectivity index (χ1n) is 6.31. The number of rotatable bonds is 3. The lowest BCUT2D eigenvalue weighted by Crippen LogP contribution is -2.09. The van der Waals surface area contributed by atoms with Gasteiger partial charge in [-0.15, -0.1) is 0 Å². The fourth-order valence-corrected chi connectivity index (χ4v) is 2.41. The summed E-state index contributed by atoms with van der Waals surface area (Å²) < 4.78 is 42.5. The second kappa shape index (κ2) is 5.45. The molecule has 5 nitrogen and oxygen atoms in total. The third-order valence-electron chi connectivity index (χ3n) is 2.98. The molecule has 0 saturated heterocycles. The Hall–Kier alpha value is -2.35. The van der Waals surface area contributed by atoms with E-state index in [2.05, 4.69) is 20.4 Å². The van der Waals surface area contributed by atoms with E-state index in [-0.39, 0.29) is 22.3 Å². The summed E-state index contributed by atoms with van der Waals surface area (Å²) in [5, 5.41) is 6.70. The van der Waals surface area contributed by atoms with Crippen molar-refractivity contribution in [3.05, 3.63) is 41.1 Å². The quantitative estimate of drug-likeness (QED) is 0.750. The highest BCUT2D eigenvalue weighted by Crippen LogP contribution is 2.37. The number of hydrogen-bond donors (Lipinski definition) is 1. The molecule has 114 valence electrons. The number of fused-ring (bicyclic) bond motifs is 1. The highest BCUT2D eigenvalue weighted by atomic mass is 35.5. The van der Waals surface area contributed by atoms with E-state index >= 15 is 0 Å². The van der Waals surface area contributed by atoms with Gasteiger partial charge in [-0.3, -0.25) is 0 Å². The molecular weight excluding hydrogens is 319 g/mol. The summed E-state index contributed by atoms with van der Waals surface area (Å²) in [5.41, 5.74) is -0.524. The Kier molecular flexibility index (Phi) is 3.61. The zero-order valence-electron chi connectivity index (χ0n) is 11.2. The van der Waals surface area contributed by atoms with Crippen molar-refractivity contribution in [2.24, 2.45) is 0 Å². The number of nitrogens with zero attached hydrogens (tertiary/aromatic N) is 4. The van der Waals surface area contributed by atoms with Crippen molar-refractivity contribution in [1.29, 1.82) is 0 Å². The molecule has 0 fully saturated rings. The van der Waals surface area contributed by atoms with Gasteiger partial charge in [0, 0.05) is 18.7 Å². The lowest BCUT2D eigenvalue weighted by atomic mass is 10.1. The fourth-order valence-electron chi connectivity index (χ4n) is 2.15. The van der Waals surface area contributed by atoms with E-state index in [1.165, 1.54) is 10.8 Å². The second-order valence-electron chi connectivity index (χ2n) is 4.37. The number of nitrogens with one attached hydrogen (secondary N) is 1. The maximum absolute atomic E-state index is 14.1. The van der Waals surface area contributed by atoms with Gasteiger partial charge >= 0.3 is 0 Å². The molecule has 2 heterocycles. The first-order chi connectivity index (χ1) is 10.5. The third kappa shape index (κ3) is 2.25. The van der Waals surface area contributed by atoms with E-state index < -0.39 is 23.0 Å². The van der Waals surface area contributed by atoms with Gasteiger partial charge < -0.3 is 5.32 Å². The lowest BCUT2D eigenvalue weighted by molar-refractivity contribution is 0.548. The molecule has 0 aliphatic heterocycles. The van der Waals surface area contributed by atoms with Crippen molar-refractivity contribution in [2.45, 2.75) is 6.92 Å². The van der Waals surface area contributed by atoms with Gasteiger partial charge in [0.2, 0.25) is 0 Å². The van der Waals surface area contributed by atoms with Crippen LogP contribution in [0.2, 0.25) is 5.15 Å². The van der Waals surface area contributed by atoms with Crippen LogP contribution in [0.15, 0.2) is 18.5 Å². The fraction of sp³-hybridized carbons (Fsp3) is 0.154. The van der Waals surface area contributed by atoms with Gasteiger partial charge in [-0.25, -0.2) is 13.2 Å². The zero-order valence-corrected chi connectivity index (χ0v) is 12.0. The zero-order chi connectivity index (χ0) is 15.9. The van der Waals surface area contributed by atoms with Crippen molar-refractivity contribution in [1.82, 2.24) is 19.6 Å². The maximum Gasteiger partial charge on any atom is 0.255 e. The number of aromatic nitrogens is 4. The minimum atomic E-state index is -1.08. The van der Waals surface area contributed by atoms with Crippen LogP contribution in [0.5, 0.6) is 0 Å². The van der Waals surface area contributed by atoms with Gasteiger partial charge in [0.25, 0.3) is 5.78 Å². The van der Waals surface area contributed by atoms with Crippen LogP contribution in [0.4, 0.5) is 19.0 Å². The summed E-state index contributed by atoms with van der Waals surface area (Å²) in [6, 6.07) is 1.16. The molecule has 3 rings (SSSR count). The molecule has 22 heavy (non-hydrogen) atoms. The monoisotopic (exact) mass is 327 g/mol. The maximum atomic E-state index is 14.1. The number of hydrogen-bond acceptors (Lipinski definition) is 4. The number of anilines is 1. The van der Waals surface area contributed by atoms with Crippen LogP contribution >= 0.6 is 11.6 Å². The average Bonchev–Trinajstić information content (AvgIpc) is 2.88. The molecule has 0 saturated carbocycles. The summed E-state index contributed by atoms with van der Waals surface area (Å²) >= 11 is 6.06. The number of benzene rings is 1. The standard InChI is InChI=1S/C13H9ClF3N5/c1-2-18-12-10(9-7(16)3-6(15)4-8(9)17)11(14)21-13-19-5-20-22(12)13/h3-5,18H,2H2,1H3. The molecule has 0 unspecified atom stereocenters. The van der Waals surface area contributed by atoms with Crippen LogP contribution in [-0.2, 0) is 0 Å². The molecule has 0 radical (unpaired) electrons. The van der Waals surface area contributed by atoms with Gasteiger partial charge in [-0.05, 0) is 6.92 Å². The van der Waals surface area contributed by atoms with Gasteiger partial charge in [-0.2, -0.15) is 19.6 Å². The summed E-state index contributed by atoms with van der Waals surface area (Å²) in [5.74, 6) is -2.79. The van der Waals surface area contributed by atoms with Crippen LogP contribution < -0.4 is 5.32 Å². The molecule has 1 aromatic carbocycles. The van der Waals surface area contributed by atoms with Gasteiger partial charge in [0.15, 0.2) is 0 Å². The van der Waals surface area contributed by atoms with E-state index in [1.807, 2.05) is 0 Å².